The van der Waals surface area contributed by atoms with E-state index >= 15 is 0 Å². The molecule has 0 atom stereocenters. The van der Waals surface area contributed by atoms with Gasteiger partial charge in [-0.1, -0.05) is 133 Å². The van der Waals surface area contributed by atoms with Gasteiger partial charge in [-0.3, -0.25) is 4.79 Å². The molecule has 0 bridgehead atoms. The fourth-order valence-corrected chi connectivity index (χ4v) is 10.6. The van der Waals surface area contributed by atoms with Gasteiger partial charge in [-0.05, 0) is 99.1 Å². The van der Waals surface area contributed by atoms with E-state index in [1.807, 2.05) is 53.8 Å². The van der Waals surface area contributed by atoms with E-state index in [0.29, 0.717) is 21.9 Å². The van der Waals surface area contributed by atoms with Crippen LogP contribution >= 0.6 is 11.3 Å². The smallest absolute Gasteiger partial charge is 0.201 e. The summed E-state index contributed by atoms with van der Waals surface area (Å²) in [6.07, 6.45) is 0. The highest BCUT2D eigenvalue weighted by molar-refractivity contribution is 7.25. The van der Waals surface area contributed by atoms with Gasteiger partial charge in [0.25, 0.3) is 0 Å². The van der Waals surface area contributed by atoms with E-state index in [2.05, 4.69) is 150 Å². The standard InChI is InChI=1S/C55H31NO2S/c57-55-44-8-2-4-13-49(44)58-50-14-6-9-39(53(50)55)35-21-19-33(20-22-35)37-25-28-52-46(30-37)45-29-36(24-27-51(45)59-52)32-15-17-34(18-16-32)38-23-26-41-43-11-5-10-42-40-7-1-3-12-47(40)56(54(42)43)48(41)31-38/h1-31H. The molecule has 0 N–H and O–H groups in total. The predicted molar refractivity (Wildman–Crippen MR) is 249 cm³/mol. The number of aromatic nitrogens is 1. The molecular weight excluding hydrogens is 739 g/mol. The predicted octanol–water partition coefficient (Wildman–Crippen LogP) is 15.1. The molecule has 4 heterocycles. The number of para-hydroxylation sites is 3. The summed E-state index contributed by atoms with van der Waals surface area (Å²) in [6, 6.07) is 66.8. The van der Waals surface area contributed by atoms with E-state index in [-0.39, 0.29) is 5.43 Å². The quantitative estimate of drug-likeness (QED) is 0.167. The zero-order chi connectivity index (χ0) is 38.8. The first-order valence-electron chi connectivity index (χ1n) is 19.9. The Morgan fingerprint density at radius 1 is 0.373 bits per heavy atom. The first-order chi connectivity index (χ1) is 29.1. The van der Waals surface area contributed by atoms with Crippen LogP contribution in [0.25, 0.3) is 125 Å². The molecule has 0 aliphatic heterocycles. The summed E-state index contributed by atoms with van der Waals surface area (Å²) < 4.78 is 11.1. The van der Waals surface area contributed by atoms with Gasteiger partial charge in [0.1, 0.15) is 11.2 Å². The van der Waals surface area contributed by atoms with Crippen LogP contribution in [0.5, 0.6) is 0 Å². The number of rotatable bonds is 4. The maximum absolute atomic E-state index is 13.6. The van der Waals surface area contributed by atoms with Crippen LogP contribution in [0.2, 0.25) is 0 Å². The Morgan fingerprint density at radius 2 is 0.881 bits per heavy atom. The summed E-state index contributed by atoms with van der Waals surface area (Å²) in [5.74, 6) is 0. The summed E-state index contributed by atoms with van der Waals surface area (Å²) in [5, 5.41) is 8.94. The normalized spacial score (nSPS) is 12.1. The summed E-state index contributed by atoms with van der Waals surface area (Å²) in [5.41, 5.74) is 14.0. The van der Waals surface area contributed by atoms with Crippen LogP contribution < -0.4 is 5.43 Å². The maximum atomic E-state index is 13.6. The van der Waals surface area contributed by atoms with Crippen molar-refractivity contribution in [2.75, 3.05) is 0 Å². The third kappa shape index (κ3) is 4.78. The minimum absolute atomic E-state index is 0.00529. The maximum Gasteiger partial charge on any atom is 0.201 e. The van der Waals surface area contributed by atoms with Crippen LogP contribution in [0.4, 0.5) is 0 Å². The van der Waals surface area contributed by atoms with Crippen molar-refractivity contribution in [2.24, 2.45) is 0 Å². The van der Waals surface area contributed by atoms with Gasteiger partial charge in [0.2, 0.25) is 5.43 Å². The molecule has 0 aliphatic carbocycles. The first-order valence-corrected chi connectivity index (χ1v) is 20.8. The van der Waals surface area contributed by atoms with E-state index < -0.39 is 0 Å². The van der Waals surface area contributed by atoms with Crippen molar-refractivity contribution in [3.8, 4) is 44.5 Å². The van der Waals surface area contributed by atoms with Crippen molar-refractivity contribution in [1.82, 2.24) is 4.40 Å². The average Bonchev–Trinajstić information content (AvgIpc) is 3.95. The van der Waals surface area contributed by atoms with Crippen LogP contribution in [0.3, 0.4) is 0 Å². The lowest BCUT2D eigenvalue weighted by Gasteiger charge is -2.09. The third-order valence-corrected chi connectivity index (χ3v) is 13.5. The van der Waals surface area contributed by atoms with Gasteiger partial charge in [0.05, 0.1) is 27.3 Å². The molecule has 3 nitrogen and oxygen atoms in total. The first kappa shape index (κ1) is 32.5. The molecule has 13 rings (SSSR count). The van der Waals surface area contributed by atoms with Gasteiger partial charge in [-0.2, -0.15) is 0 Å². The molecule has 9 aromatic carbocycles. The fraction of sp³-hybridized carbons (Fsp3) is 0. The molecule has 0 fully saturated rings. The van der Waals surface area contributed by atoms with Crippen molar-refractivity contribution in [1.29, 1.82) is 0 Å². The largest absolute Gasteiger partial charge is 0.456 e. The minimum Gasteiger partial charge on any atom is -0.456 e. The molecule has 0 amide bonds. The number of fused-ring (bicyclic) bond motifs is 11. The second-order valence-electron chi connectivity index (χ2n) is 15.6. The Labute approximate surface area is 341 Å². The van der Waals surface area contributed by atoms with Crippen molar-refractivity contribution >= 4 is 91.5 Å². The molecule has 13 aromatic rings. The summed E-state index contributed by atoms with van der Waals surface area (Å²) in [6.45, 7) is 0. The molecule has 0 radical (unpaired) electrons. The van der Waals surface area contributed by atoms with Crippen molar-refractivity contribution < 1.29 is 4.42 Å². The van der Waals surface area contributed by atoms with E-state index in [1.165, 1.54) is 80.5 Å². The van der Waals surface area contributed by atoms with E-state index in [4.69, 9.17) is 4.42 Å². The van der Waals surface area contributed by atoms with E-state index in [0.717, 1.165) is 22.3 Å². The minimum atomic E-state index is -0.00529. The van der Waals surface area contributed by atoms with Gasteiger partial charge < -0.3 is 8.82 Å². The van der Waals surface area contributed by atoms with Crippen molar-refractivity contribution in [3.05, 3.63) is 198 Å². The average molecular weight is 770 g/mol. The molecule has 0 spiro atoms. The summed E-state index contributed by atoms with van der Waals surface area (Å²) >= 11 is 1.84. The number of hydrogen-bond donors (Lipinski definition) is 0. The topological polar surface area (TPSA) is 34.6 Å². The van der Waals surface area contributed by atoms with E-state index in [1.54, 1.807) is 0 Å². The highest BCUT2D eigenvalue weighted by Gasteiger charge is 2.18. The SMILES string of the molecule is O=c1c2ccccc2oc2cccc(-c3ccc(-c4ccc5sc6ccc(-c7ccc(-c8ccc9c%10cccc%11c%12ccccc%12n(c9c8)c%11%10)cc7)cc6c5c4)cc3)c12. The lowest BCUT2D eigenvalue weighted by atomic mass is 9.96. The Morgan fingerprint density at radius 3 is 1.58 bits per heavy atom. The Hall–Kier alpha value is -7.53. The molecule has 0 saturated carbocycles. The number of hydrogen-bond acceptors (Lipinski definition) is 3. The van der Waals surface area contributed by atoms with Crippen LogP contribution in [0.1, 0.15) is 0 Å². The zero-order valence-corrected chi connectivity index (χ0v) is 32.4. The Kier molecular flexibility index (Phi) is 6.75. The van der Waals surface area contributed by atoms with Gasteiger partial charge in [0, 0.05) is 41.7 Å². The fourth-order valence-electron chi connectivity index (χ4n) is 9.53. The van der Waals surface area contributed by atoms with Gasteiger partial charge >= 0.3 is 0 Å². The lowest BCUT2D eigenvalue weighted by Crippen LogP contribution is -2.03. The Balaban J connectivity index is 0.839. The van der Waals surface area contributed by atoms with Gasteiger partial charge in [-0.25, -0.2) is 0 Å². The molecule has 4 heteroatoms. The highest BCUT2D eigenvalue weighted by atomic mass is 32.1. The van der Waals surface area contributed by atoms with Crippen LogP contribution in [0.15, 0.2) is 197 Å². The second-order valence-corrected chi connectivity index (χ2v) is 16.7. The highest BCUT2D eigenvalue weighted by Crippen LogP contribution is 2.42. The lowest BCUT2D eigenvalue weighted by molar-refractivity contribution is 0.660. The second kappa shape index (κ2) is 12.2. The molecule has 274 valence electrons. The van der Waals surface area contributed by atoms with Gasteiger partial charge in [0.15, 0.2) is 0 Å². The van der Waals surface area contributed by atoms with Crippen LogP contribution in [-0.2, 0) is 0 Å². The zero-order valence-electron chi connectivity index (χ0n) is 31.6. The molecule has 0 aliphatic rings. The molecule has 59 heavy (non-hydrogen) atoms. The van der Waals surface area contributed by atoms with Gasteiger partial charge in [-0.15, -0.1) is 11.3 Å². The van der Waals surface area contributed by atoms with Crippen LogP contribution in [-0.4, -0.2) is 4.40 Å². The third-order valence-electron chi connectivity index (χ3n) is 12.4. The van der Waals surface area contributed by atoms with Crippen molar-refractivity contribution in [3.63, 3.8) is 0 Å². The van der Waals surface area contributed by atoms with Crippen molar-refractivity contribution in [2.45, 2.75) is 0 Å². The monoisotopic (exact) mass is 769 g/mol. The molecule has 4 aromatic heterocycles. The molecule has 0 unspecified atom stereocenters. The Bertz CT molecular complexity index is 3910. The molecular formula is C55H31NO2S. The number of thiophene rings is 1. The van der Waals surface area contributed by atoms with Crippen LogP contribution in [0, 0.1) is 0 Å². The van der Waals surface area contributed by atoms with E-state index in [9.17, 15) is 4.79 Å². The number of benzene rings is 9. The summed E-state index contributed by atoms with van der Waals surface area (Å²) in [4.78, 5) is 13.6. The number of nitrogens with zero attached hydrogens (tertiary/aromatic N) is 1. The molecule has 0 saturated heterocycles. The summed E-state index contributed by atoms with van der Waals surface area (Å²) in [7, 11) is 0.